The minimum atomic E-state index is -4.10. The van der Waals surface area contributed by atoms with Gasteiger partial charge in [-0.1, -0.05) is 56.0 Å². The lowest BCUT2D eigenvalue weighted by Crippen LogP contribution is -2.50. The summed E-state index contributed by atoms with van der Waals surface area (Å²) in [6.07, 6.45) is 4.81. The van der Waals surface area contributed by atoms with E-state index in [0.29, 0.717) is 18.5 Å². The molecule has 1 saturated heterocycles. The fourth-order valence-corrected chi connectivity index (χ4v) is 7.36. The van der Waals surface area contributed by atoms with Gasteiger partial charge in [0.05, 0.1) is 17.0 Å². The Labute approximate surface area is 222 Å². The molecule has 2 fully saturated rings. The second-order valence-electron chi connectivity index (χ2n) is 9.86. The summed E-state index contributed by atoms with van der Waals surface area (Å²) >= 11 is 0. The molecule has 1 unspecified atom stereocenters. The number of nitrogens with zero attached hydrogens (tertiary/aromatic N) is 2. The number of sulfonamides is 1. The summed E-state index contributed by atoms with van der Waals surface area (Å²) in [5.41, 5.74) is 0.308. The highest BCUT2D eigenvalue weighted by molar-refractivity contribution is 7.89. The molecule has 1 saturated carbocycles. The lowest BCUT2D eigenvalue weighted by Gasteiger charge is -2.34. The highest BCUT2D eigenvalue weighted by Gasteiger charge is 2.49. The van der Waals surface area contributed by atoms with Gasteiger partial charge in [-0.3, -0.25) is 14.4 Å². The first-order chi connectivity index (χ1) is 18.3. The van der Waals surface area contributed by atoms with Crippen LogP contribution in [0.2, 0.25) is 0 Å². The number of hydrogen-bond donors (Lipinski definition) is 0. The molecule has 1 atom stereocenters. The fraction of sp³-hybridized carbons (Fsp3) is 0.345. The molecule has 1 aliphatic carbocycles. The zero-order valence-electron chi connectivity index (χ0n) is 21.2. The van der Waals surface area contributed by atoms with Crippen molar-refractivity contribution in [1.82, 2.24) is 4.31 Å². The normalized spacial score (nSPS) is 19.2. The first-order valence-corrected chi connectivity index (χ1v) is 14.4. The number of rotatable bonds is 6. The van der Waals surface area contributed by atoms with Gasteiger partial charge in [-0.25, -0.2) is 13.3 Å². The Morgan fingerprint density at radius 2 is 1.55 bits per heavy atom. The lowest BCUT2D eigenvalue weighted by atomic mass is 10.1. The molecule has 1 aliphatic heterocycles. The van der Waals surface area contributed by atoms with Crippen LogP contribution in [0.15, 0.2) is 71.6 Å². The van der Waals surface area contributed by atoms with Crippen molar-refractivity contribution in [3.63, 3.8) is 0 Å². The molecule has 1 heterocycles. The van der Waals surface area contributed by atoms with Crippen molar-refractivity contribution in [2.45, 2.75) is 68.8 Å². The van der Waals surface area contributed by atoms with Crippen LogP contribution >= 0.6 is 0 Å². The first kappa shape index (κ1) is 26.1. The van der Waals surface area contributed by atoms with Gasteiger partial charge in [0, 0.05) is 13.0 Å². The number of amides is 2. The molecule has 0 N–H and O–H groups in total. The Morgan fingerprint density at radius 3 is 2.21 bits per heavy atom. The third-order valence-corrected chi connectivity index (χ3v) is 9.22. The van der Waals surface area contributed by atoms with Gasteiger partial charge in [0.25, 0.3) is 5.91 Å². The highest BCUT2D eigenvalue weighted by atomic mass is 32.2. The third-order valence-electron chi connectivity index (χ3n) is 7.27. The molecule has 0 spiro atoms. The van der Waals surface area contributed by atoms with Gasteiger partial charge in [-0.2, -0.15) is 4.31 Å². The topological polar surface area (TPSA) is 101 Å². The lowest BCUT2D eigenvalue weighted by molar-refractivity contribution is -0.132. The Bertz CT molecular complexity index is 1480. The smallest absolute Gasteiger partial charge is 0.308 e. The molecule has 0 bridgehead atoms. The van der Waals surface area contributed by atoms with Gasteiger partial charge in [-0.15, -0.1) is 0 Å². The third kappa shape index (κ3) is 5.08. The van der Waals surface area contributed by atoms with Crippen molar-refractivity contribution < 1.29 is 27.5 Å². The number of ether oxygens (including phenoxy) is 1. The minimum Gasteiger partial charge on any atom is -0.427 e. The Balaban J connectivity index is 1.52. The summed E-state index contributed by atoms with van der Waals surface area (Å²) in [4.78, 5) is 39.3. The Kier molecular flexibility index (Phi) is 7.32. The van der Waals surface area contributed by atoms with Crippen molar-refractivity contribution in [3.05, 3.63) is 66.7 Å². The number of imide groups is 1. The molecular formula is C29H30N2O6S. The van der Waals surface area contributed by atoms with E-state index in [-0.39, 0.29) is 23.1 Å². The molecule has 2 amide bonds. The van der Waals surface area contributed by atoms with Gasteiger partial charge in [-0.05, 0) is 60.0 Å². The van der Waals surface area contributed by atoms with E-state index in [2.05, 4.69) is 0 Å². The van der Waals surface area contributed by atoms with E-state index in [1.807, 2.05) is 24.3 Å². The summed E-state index contributed by atoms with van der Waals surface area (Å²) in [5.74, 6) is -1.23. The zero-order chi connectivity index (χ0) is 26.9. The fourth-order valence-electron chi connectivity index (χ4n) is 5.50. The van der Waals surface area contributed by atoms with Gasteiger partial charge in [0.1, 0.15) is 11.8 Å². The Morgan fingerprint density at radius 1 is 0.895 bits per heavy atom. The van der Waals surface area contributed by atoms with Crippen LogP contribution in [0.25, 0.3) is 10.8 Å². The van der Waals surface area contributed by atoms with E-state index in [1.165, 1.54) is 35.5 Å². The molecule has 198 valence electrons. The average Bonchev–Trinajstić information content (AvgIpc) is 3.05. The predicted octanol–water partition coefficient (Wildman–Crippen LogP) is 4.81. The van der Waals surface area contributed by atoms with E-state index in [0.717, 1.165) is 41.4 Å². The molecule has 0 radical (unpaired) electrons. The number of anilines is 1. The molecule has 8 nitrogen and oxygen atoms in total. The highest BCUT2D eigenvalue weighted by Crippen LogP contribution is 2.35. The molecule has 2 aliphatic rings. The van der Waals surface area contributed by atoms with Gasteiger partial charge in [0.2, 0.25) is 15.9 Å². The van der Waals surface area contributed by atoms with Crippen LogP contribution in [0.3, 0.4) is 0 Å². The number of esters is 1. The minimum absolute atomic E-state index is 0.116. The van der Waals surface area contributed by atoms with E-state index in [4.69, 9.17) is 4.74 Å². The maximum absolute atomic E-state index is 14.2. The summed E-state index contributed by atoms with van der Waals surface area (Å²) in [6.45, 7) is 1.28. The van der Waals surface area contributed by atoms with Crippen molar-refractivity contribution in [2.24, 2.45) is 0 Å². The quantitative estimate of drug-likeness (QED) is 0.195. The standard InChI is InChI=1S/C29H30N2O6S/c1-20(32)37-25-15-13-23(14-16-25)30-28(33)19-27(29(30)34)31(24-10-4-2-3-5-11-24)38(35,36)26-17-12-21-8-6-7-9-22(21)18-26/h6-9,12-18,24,27H,2-5,10-11,19H2,1H3. The largest absolute Gasteiger partial charge is 0.427 e. The maximum Gasteiger partial charge on any atom is 0.308 e. The van der Waals surface area contributed by atoms with Crippen LogP contribution in [-0.2, 0) is 24.4 Å². The molecule has 3 aromatic carbocycles. The molecular weight excluding hydrogens is 504 g/mol. The second-order valence-corrected chi connectivity index (χ2v) is 11.7. The zero-order valence-corrected chi connectivity index (χ0v) is 22.0. The second kappa shape index (κ2) is 10.7. The van der Waals surface area contributed by atoms with E-state index >= 15 is 0 Å². The predicted molar refractivity (Wildman–Crippen MR) is 143 cm³/mol. The monoisotopic (exact) mass is 534 g/mol. The molecule has 3 aromatic rings. The number of fused-ring (bicyclic) bond motifs is 1. The number of carbonyl (C=O) groups excluding carboxylic acids is 3. The van der Waals surface area contributed by atoms with Crippen LogP contribution in [0.4, 0.5) is 5.69 Å². The van der Waals surface area contributed by atoms with Gasteiger partial charge >= 0.3 is 5.97 Å². The first-order valence-electron chi connectivity index (χ1n) is 12.9. The van der Waals surface area contributed by atoms with Crippen LogP contribution < -0.4 is 9.64 Å². The SMILES string of the molecule is CC(=O)Oc1ccc(N2C(=O)CC(N(C3CCCCCC3)S(=O)(=O)c3ccc4ccccc4c3)C2=O)cc1. The van der Waals surface area contributed by atoms with Crippen LogP contribution in [0.5, 0.6) is 5.75 Å². The van der Waals surface area contributed by atoms with Gasteiger partial charge < -0.3 is 4.74 Å². The molecule has 38 heavy (non-hydrogen) atoms. The summed E-state index contributed by atoms with van der Waals surface area (Å²) in [5, 5.41) is 1.71. The van der Waals surface area contributed by atoms with Crippen molar-refractivity contribution >= 4 is 44.3 Å². The number of carbonyl (C=O) groups is 3. The number of hydrogen-bond acceptors (Lipinski definition) is 6. The molecule has 0 aromatic heterocycles. The molecule has 9 heteroatoms. The molecule has 5 rings (SSSR count). The van der Waals surface area contributed by atoms with E-state index in [1.54, 1.807) is 18.2 Å². The maximum atomic E-state index is 14.2. The van der Waals surface area contributed by atoms with Crippen molar-refractivity contribution in [1.29, 1.82) is 0 Å². The van der Waals surface area contributed by atoms with Gasteiger partial charge in [0.15, 0.2) is 0 Å². The average molecular weight is 535 g/mol. The Hall–Kier alpha value is -3.56. The van der Waals surface area contributed by atoms with E-state index in [9.17, 15) is 22.8 Å². The summed E-state index contributed by atoms with van der Waals surface area (Å²) in [7, 11) is -4.10. The van der Waals surface area contributed by atoms with Crippen LogP contribution in [-0.4, -0.2) is 42.6 Å². The number of benzene rings is 3. The van der Waals surface area contributed by atoms with Crippen LogP contribution in [0, 0.1) is 0 Å². The summed E-state index contributed by atoms with van der Waals surface area (Å²) in [6, 6.07) is 17.0. The van der Waals surface area contributed by atoms with Crippen molar-refractivity contribution in [3.8, 4) is 5.75 Å². The van der Waals surface area contributed by atoms with Crippen LogP contribution in [0.1, 0.15) is 51.9 Å². The van der Waals surface area contributed by atoms with Crippen molar-refractivity contribution in [2.75, 3.05) is 4.90 Å². The van der Waals surface area contributed by atoms with E-state index < -0.39 is 33.8 Å². The summed E-state index contributed by atoms with van der Waals surface area (Å²) < 4.78 is 34.8.